The zero-order valence-corrected chi connectivity index (χ0v) is 9.53. The van der Waals surface area contributed by atoms with E-state index >= 15 is 0 Å². The van der Waals surface area contributed by atoms with Crippen molar-refractivity contribution in [3.05, 3.63) is 0 Å². The van der Waals surface area contributed by atoms with Crippen LogP contribution in [-0.4, -0.2) is 37.5 Å². The first-order valence-corrected chi connectivity index (χ1v) is 5.59. The van der Waals surface area contributed by atoms with Gasteiger partial charge in [-0.25, -0.2) is 0 Å². The van der Waals surface area contributed by atoms with E-state index in [1.54, 1.807) is 11.8 Å². The van der Waals surface area contributed by atoms with Gasteiger partial charge in [-0.15, -0.1) is 0 Å². The minimum absolute atomic E-state index is 0.0456. The Bertz CT molecular complexity index is 251. The molecule has 1 saturated heterocycles. The molecule has 82 valence electrons. The van der Waals surface area contributed by atoms with Crippen LogP contribution in [0.3, 0.4) is 0 Å². The number of rotatable bonds is 4. The normalized spacial score (nSPS) is 22.8. The number of amides is 1. The minimum Gasteiger partial charge on any atom is -0.342 e. The fourth-order valence-corrected chi connectivity index (χ4v) is 1.99. The molecule has 1 aliphatic heterocycles. The number of likely N-dealkylation sites (tertiary alicyclic amines) is 1. The lowest BCUT2D eigenvalue weighted by molar-refractivity contribution is -0.134. The molecule has 0 aromatic rings. The van der Waals surface area contributed by atoms with Gasteiger partial charge >= 0.3 is 0 Å². The van der Waals surface area contributed by atoms with Crippen molar-refractivity contribution in [3.8, 4) is 0 Å². The molecule has 0 spiro atoms. The van der Waals surface area contributed by atoms with E-state index in [9.17, 15) is 9.59 Å². The van der Waals surface area contributed by atoms with Gasteiger partial charge in [-0.3, -0.25) is 9.59 Å². The van der Waals surface area contributed by atoms with Gasteiger partial charge in [0.1, 0.15) is 5.78 Å². The molecule has 0 saturated carbocycles. The number of nitrogens with zero attached hydrogens (tertiary/aromatic N) is 1. The number of Topliss-reactive ketones (excluding diaryl/α,β-unsaturated/α-hetero) is 1. The molecule has 1 rings (SSSR count). The van der Waals surface area contributed by atoms with E-state index in [0.29, 0.717) is 19.4 Å². The summed E-state index contributed by atoms with van der Waals surface area (Å²) in [6.07, 6.45) is 1.98. The summed E-state index contributed by atoms with van der Waals surface area (Å²) in [5.41, 5.74) is 0. The third kappa shape index (κ3) is 2.83. The molecule has 0 N–H and O–H groups in total. The Morgan fingerprint density at radius 2 is 2.20 bits per heavy atom. The fourth-order valence-electron chi connectivity index (χ4n) is 1.99. The summed E-state index contributed by atoms with van der Waals surface area (Å²) in [5.74, 6) is 0.273. The lowest BCUT2D eigenvalue weighted by Crippen LogP contribution is -2.34. The van der Waals surface area contributed by atoms with Crippen LogP contribution in [0.1, 0.15) is 26.7 Å². The molecule has 0 aliphatic carbocycles. The molecule has 1 aliphatic rings. The molecule has 4 heteroatoms. The Kier molecular flexibility index (Phi) is 4.36. The maximum absolute atomic E-state index is 11.9. The van der Waals surface area contributed by atoms with E-state index in [1.165, 1.54) is 0 Å². The Hall–Kier alpha value is -0.795. The zero-order valence-electron chi connectivity index (χ0n) is 9.53. The van der Waals surface area contributed by atoms with E-state index < -0.39 is 0 Å². The molecular formula is C11H18BNO2. The first-order chi connectivity index (χ1) is 7.10. The largest absolute Gasteiger partial charge is 0.342 e. The van der Waals surface area contributed by atoms with Gasteiger partial charge in [0.25, 0.3) is 0 Å². The van der Waals surface area contributed by atoms with Crippen LogP contribution in [0.4, 0.5) is 0 Å². The van der Waals surface area contributed by atoms with Crippen molar-refractivity contribution in [2.75, 3.05) is 13.1 Å². The molecule has 1 heterocycles. The third-order valence-corrected chi connectivity index (χ3v) is 3.20. The quantitative estimate of drug-likeness (QED) is 0.646. The Morgan fingerprint density at radius 1 is 1.53 bits per heavy atom. The number of carbonyl (C=O) groups is 2. The van der Waals surface area contributed by atoms with Crippen molar-refractivity contribution in [2.45, 2.75) is 33.0 Å². The molecule has 1 amide bonds. The molecule has 0 aromatic heterocycles. The summed E-state index contributed by atoms with van der Waals surface area (Å²) in [7, 11) is 5.53. The van der Waals surface area contributed by atoms with Crippen LogP contribution in [0, 0.1) is 11.8 Å². The van der Waals surface area contributed by atoms with Gasteiger partial charge in [-0.05, 0) is 19.8 Å². The topological polar surface area (TPSA) is 37.4 Å². The number of hydrogen-bond acceptors (Lipinski definition) is 2. The molecule has 2 unspecified atom stereocenters. The third-order valence-electron chi connectivity index (χ3n) is 3.20. The summed E-state index contributed by atoms with van der Waals surface area (Å²) in [6.45, 7) is 4.86. The number of hydrogen-bond donors (Lipinski definition) is 0. The monoisotopic (exact) mass is 207 g/mol. The van der Waals surface area contributed by atoms with Gasteiger partial charge in [0.2, 0.25) is 5.91 Å². The van der Waals surface area contributed by atoms with Gasteiger partial charge in [0.05, 0.1) is 7.85 Å². The second-order valence-corrected chi connectivity index (χ2v) is 4.22. The first kappa shape index (κ1) is 12.3. The van der Waals surface area contributed by atoms with Gasteiger partial charge in [-0.2, -0.15) is 0 Å². The Morgan fingerprint density at radius 3 is 2.60 bits per heavy atom. The summed E-state index contributed by atoms with van der Waals surface area (Å²) in [4.78, 5) is 24.9. The van der Waals surface area contributed by atoms with Gasteiger partial charge in [0.15, 0.2) is 0 Å². The number of ketones is 1. The SMILES string of the molecule is [B]CC(CC)C(=O)N1CCC(C(C)=O)C1. The second-order valence-electron chi connectivity index (χ2n) is 4.22. The zero-order chi connectivity index (χ0) is 11.4. The summed E-state index contributed by atoms with van der Waals surface area (Å²) in [6, 6.07) is 0. The second kappa shape index (κ2) is 5.33. The van der Waals surface area contributed by atoms with Gasteiger partial charge < -0.3 is 4.90 Å². The van der Waals surface area contributed by atoms with Crippen LogP contribution < -0.4 is 0 Å². The summed E-state index contributed by atoms with van der Waals surface area (Å²) in [5, 5.41) is 0. The maximum Gasteiger partial charge on any atom is 0.224 e. The van der Waals surface area contributed by atoms with Crippen LogP contribution in [0.15, 0.2) is 0 Å². The molecule has 1 fully saturated rings. The molecule has 0 aromatic carbocycles. The van der Waals surface area contributed by atoms with E-state index in [4.69, 9.17) is 7.85 Å². The lowest BCUT2D eigenvalue weighted by Gasteiger charge is -2.21. The predicted molar refractivity (Wildman–Crippen MR) is 59.7 cm³/mol. The summed E-state index contributed by atoms with van der Waals surface area (Å²) >= 11 is 0. The van der Waals surface area contributed by atoms with Gasteiger partial charge in [-0.1, -0.05) is 13.2 Å². The van der Waals surface area contributed by atoms with Crippen molar-refractivity contribution in [3.63, 3.8) is 0 Å². The van der Waals surface area contributed by atoms with Crippen LogP contribution in [0.2, 0.25) is 6.32 Å². The van der Waals surface area contributed by atoms with Crippen molar-refractivity contribution in [2.24, 2.45) is 11.8 Å². The van der Waals surface area contributed by atoms with E-state index in [1.807, 2.05) is 6.92 Å². The van der Waals surface area contributed by atoms with E-state index in [2.05, 4.69) is 0 Å². The molecule has 15 heavy (non-hydrogen) atoms. The Balaban J connectivity index is 2.53. The highest BCUT2D eigenvalue weighted by Crippen LogP contribution is 2.21. The average molecular weight is 207 g/mol. The fraction of sp³-hybridized carbons (Fsp3) is 0.818. The van der Waals surface area contributed by atoms with Crippen LogP contribution in [0.25, 0.3) is 0 Å². The van der Waals surface area contributed by atoms with E-state index in [-0.39, 0.29) is 23.5 Å². The lowest BCUT2D eigenvalue weighted by atomic mass is 9.88. The summed E-state index contributed by atoms with van der Waals surface area (Å²) < 4.78 is 0. The van der Waals surface area contributed by atoms with Crippen molar-refractivity contribution < 1.29 is 9.59 Å². The first-order valence-electron chi connectivity index (χ1n) is 5.59. The van der Waals surface area contributed by atoms with Crippen molar-refractivity contribution >= 4 is 19.5 Å². The molecular weight excluding hydrogens is 189 g/mol. The maximum atomic E-state index is 11.9. The highest BCUT2D eigenvalue weighted by atomic mass is 16.2. The Labute approximate surface area is 92.6 Å². The average Bonchev–Trinajstić information content (AvgIpc) is 2.68. The number of carbonyl (C=O) groups excluding carboxylic acids is 2. The highest BCUT2D eigenvalue weighted by Gasteiger charge is 2.31. The molecule has 0 bridgehead atoms. The highest BCUT2D eigenvalue weighted by molar-refractivity contribution is 6.10. The standard InChI is InChI=1S/C11H18BNO2/c1-3-9(6-12)11(15)13-5-4-10(7-13)8(2)14/h9-10H,3-7H2,1-2H3. The molecule has 2 radical (unpaired) electrons. The van der Waals surface area contributed by atoms with Crippen LogP contribution >= 0.6 is 0 Å². The van der Waals surface area contributed by atoms with Crippen molar-refractivity contribution in [1.82, 2.24) is 4.90 Å². The molecule has 2 atom stereocenters. The van der Waals surface area contributed by atoms with E-state index in [0.717, 1.165) is 12.8 Å². The van der Waals surface area contributed by atoms with Crippen LogP contribution in [0.5, 0.6) is 0 Å². The predicted octanol–water partition coefficient (Wildman–Crippen LogP) is 1.04. The van der Waals surface area contributed by atoms with Crippen LogP contribution in [-0.2, 0) is 9.59 Å². The minimum atomic E-state index is -0.0734. The van der Waals surface area contributed by atoms with Crippen molar-refractivity contribution in [1.29, 1.82) is 0 Å². The smallest absolute Gasteiger partial charge is 0.224 e. The van der Waals surface area contributed by atoms with Gasteiger partial charge in [0, 0.05) is 24.9 Å². The molecule has 3 nitrogen and oxygen atoms in total.